The van der Waals surface area contributed by atoms with Crippen LogP contribution in [0, 0.1) is 17.8 Å². The zero-order valence-electron chi connectivity index (χ0n) is 22.7. The Balaban J connectivity index is 0.000000905. The second kappa shape index (κ2) is 14.0. The highest BCUT2D eigenvalue weighted by molar-refractivity contribution is 5.86. The molecule has 12 heteroatoms. The van der Waals surface area contributed by atoms with Crippen LogP contribution in [0.4, 0.5) is 26.3 Å². The lowest BCUT2D eigenvalue weighted by Crippen LogP contribution is -2.62. The summed E-state index contributed by atoms with van der Waals surface area (Å²) in [5.41, 5.74) is -3.88. The summed E-state index contributed by atoms with van der Waals surface area (Å²) in [6.07, 6.45) is -7.92. The second-order valence-corrected chi connectivity index (χ2v) is 10.4. The summed E-state index contributed by atoms with van der Waals surface area (Å²) < 4.78 is 99.8. The first-order valence-electron chi connectivity index (χ1n) is 12.7. The third-order valence-electron chi connectivity index (χ3n) is 7.07. The molecule has 2 aliphatic carbocycles. The zero-order chi connectivity index (χ0) is 29.4. The Bertz CT molecular complexity index is 778. The molecule has 2 bridgehead atoms. The Morgan fingerprint density at radius 1 is 0.895 bits per heavy atom. The molecule has 2 fully saturated rings. The summed E-state index contributed by atoms with van der Waals surface area (Å²) in [5, 5.41) is 0. The molecule has 0 aromatic carbocycles. The van der Waals surface area contributed by atoms with Gasteiger partial charge in [0.25, 0.3) is 5.60 Å². The number of esters is 2. The number of hydrogen-bond donors (Lipinski definition) is 0. The van der Waals surface area contributed by atoms with Crippen molar-refractivity contribution in [2.75, 3.05) is 20.8 Å². The number of unbranched alkanes of at least 4 members (excludes halogenated alkanes) is 3. The van der Waals surface area contributed by atoms with Crippen molar-refractivity contribution in [3.8, 4) is 0 Å². The van der Waals surface area contributed by atoms with Gasteiger partial charge in [-0.25, -0.2) is 4.79 Å². The highest BCUT2D eigenvalue weighted by Crippen LogP contribution is 2.51. The first-order valence-corrected chi connectivity index (χ1v) is 12.7. The van der Waals surface area contributed by atoms with E-state index in [0.717, 1.165) is 46.6 Å². The van der Waals surface area contributed by atoms with Crippen LogP contribution in [0.1, 0.15) is 78.6 Å². The van der Waals surface area contributed by atoms with Crippen molar-refractivity contribution in [1.82, 2.24) is 0 Å². The summed E-state index contributed by atoms with van der Waals surface area (Å²) in [6.45, 7) is 7.09. The predicted molar refractivity (Wildman–Crippen MR) is 127 cm³/mol. The maximum atomic E-state index is 13.5. The molecule has 0 aromatic heterocycles. The molecule has 2 saturated carbocycles. The van der Waals surface area contributed by atoms with Gasteiger partial charge in [-0.1, -0.05) is 25.8 Å². The van der Waals surface area contributed by atoms with Crippen LogP contribution in [0.25, 0.3) is 0 Å². The van der Waals surface area contributed by atoms with Crippen LogP contribution in [0.5, 0.6) is 0 Å². The van der Waals surface area contributed by atoms with E-state index in [1.165, 1.54) is 7.11 Å². The highest BCUT2D eigenvalue weighted by atomic mass is 19.4. The molecule has 0 N–H and O–H groups in total. The Labute approximate surface area is 220 Å². The number of fused-ring (bicyclic) bond motifs is 2. The first-order chi connectivity index (χ1) is 17.4. The average Bonchev–Trinajstić information content (AvgIpc) is 3.44. The fourth-order valence-corrected chi connectivity index (χ4v) is 4.89. The van der Waals surface area contributed by atoms with Crippen LogP contribution in [-0.2, 0) is 28.5 Å². The molecule has 2 rings (SSSR count). The largest absolute Gasteiger partial charge is 0.466 e. The Hall–Kier alpha value is -1.82. The van der Waals surface area contributed by atoms with Gasteiger partial charge >= 0.3 is 24.3 Å². The first kappa shape index (κ1) is 34.2. The van der Waals surface area contributed by atoms with Crippen molar-refractivity contribution in [3.63, 3.8) is 0 Å². The van der Waals surface area contributed by atoms with Gasteiger partial charge in [-0.3, -0.25) is 4.79 Å². The summed E-state index contributed by atoms with van der Waals surface area (Å²) in [5.74, 6) is -1.70. The standard InChI is InChI=1S/C21H32F6O4.C5H8O2/c1-18(2,29-3)31-19(20(22,23)24,21(25,26)27)10-6-4-5-7-11-30-17(28)16-13-14-8-9-15(16)12-14;1-4(2)5(6)7-3/h14-16H,4-13H2,1-3H3;1H2,2-3H3. The van der Waals surface area contributed by atoms with Gasteiger partial charge in [-0.2, -0.15) is 26.3 Å². The van der Waals surface area contributed by atoms with Gasteiger partial charge in [0.15, 0.2) is 5.79 Å². The lowest BCUT2D eigenvalue weighted by atomic mass is 9.89. The number of ether oxygens (including phenoxy) is 4. The van der Waals surface area contributed by atoms with Crippen molar-refractivity contribution >= 4 is 11.9 Å². The van der Waals surface area contributed by atoms with Crippen molar-refractivity contribution in [2.24, 2.45) is 17.8 Å². The molecule has 222 valence electrons. The SMILES string of the molecule is C=C(C)C(=O)OC.COC(C)(C)OC(CCCCCCOC(=O)C1CC2CCC1C2)(C(F)(F)F)C(F)(F)F. The van der Waals surface area contributed by atoms with E-state index >= 15 is 0 Å². The lowest BCUT2D eigenvalue weighted by molar-refractivity contribution is -0.426. The molecule has 0 heterocycles. The summed E-state index contributed by atoms with van der Waals surface area (Å²) >= 11 is 0. The zero-order valence-corrected chi connectivity index (χ0v) is 22.7. The molecule has 0 aliphatic heterocycles. The van der Waals surface area contributed by atoms with E-state index in [1.807, 2.05) is 0 Å². The van der Waals surface area contributed by atoms with E-state index in [1.54, 1.807) is 6.92 Å². The molecular weight excluding hydrogens is 522 g/mol. The van der Waals surface area contributed by atoms with Crippen LogP contribution in [0.2, 0.25) is 0 Å². The predicted octanol–water partition coefficient (Wildman–Crippen LogP) is 6.91. The fraction of sp³-hybridized carbons (Fsp3) is 0.846. The van der Waals surface area contributed by atoms with Crippen LogP contribution in [0.15, 0.2) is 12.2 Å². The molecule has 38 heavy (non-hydrogen) atoms. The Kier molecular flexibility index (Phi) is 12.6. The quantitative estimate of drug-likeness (QED) is 0.0846. The van der Waals surface area contributed by atoms with E-state index in [4.69, 9.17) is 4.74 Å². The maximum absolute atomic E-state index is 13.5. The van der Waals surface area contributed by atoms with Gasteiger partial charge in [-0.15, -0.1) is 0 Å². The van der Waals surface area contributed by atoms with Gasteiger partial charge in [-0.05, 0) is 71.1 Å². The van der Waals surface area contributed by atoms with Crippen molar-refractivity contribution in [3.05, 3.63) is 12.2 Å². The maximum Gasteiger partial charge on any atom is 0.426 e. The van der Waals surface area contributed by atoms with Crippen molar-refractivity contribution in [2.45, 2.75) is 102 Å². The van der Waals surface area contributed by atoms with E-state index in [0.29, 0.717) is 30.3 Å². The minimum Gasteiger partial charge on any atom is -0.466 e. The van der Waals surface area contributed by atoms with Gasteiger partial charge in [0.2, 0.25) is 0 Å². The van der Waals surface area contributed by atoms with E-state index in [9.17, 15) is 35.9 Å². The summed E-state index contributed by atoms with van der Waals surface area (Å²) in [6, 6.07) is 0. The number of carbonyl (C=O) groups excluding carboxylic acids is 2. The lowest BCUT2D eigenvalue weighted by Gasteiger charge is -2.42. The molecule has 3 atom stereocenters. The number of methoxy groups -OCH3 is 2. The third kappa shape index (κ3) is 9.43. The molecule has 0 spiro atoms. The molecule has 2 aliphatic rings. The van der Waals surface area contributed by atoms with Crippen LogP contribution in [0.3, 0.4) is 0 Å². The molecule has 0 saturated heterocycles. The number of alkyl halides is 6. The third-order valence-corrected chi connectivity index (χ3v) is 7.07. The van der Waals surface area contributed by atoms with Crippen LogP contribution < -0.4 is 0 Å². The number of halogens is 6. The van der Waals surface area contributed by atoms with Crippen LogP contribution in [-0.4, -0.2) is 56.5 Å². The Morgan fingerprint density at radius 2 is 1.47 bits per heavy atom. The van der Waals surface area contributed by atoms with Gasteiger partial charge < -0.3 is 18.9 Å². The van der Waals surface area contributed by atoms with E-state index in [2.05, 4.69) is 20.8 Å². The topological polar surface area (TPSA) is 71.1 Å². The van der Waals surface area contributed by atoms with Crippen molar-refractivity contribution in [1.29, 1.82) is 0 Å². The summed E-state index contributed by atoms with van der Waals surface area (Å²) in [4.78, 5) is 22.3. The molecule has 0 radical (unpaired) electrons. The van der Waals surface area contributed by atoms with Crippen molar-refractivity contribution < 1.29 is 54.9 Å². The number of rotatable bonds is 12. The Morgan fingerprint density at radius 3 is 1.87 bits per heavy atom. The van der Waals surface area contributed by atoms with E-state index in [-0.39, 0.29) is 37.3 Å². The van der Waals surface area contributed by atoms with Gasteiger partial charge in [0.05, 0.1) is 19.6 Å². The number of hydrogen-bond acceptors (Lipinski definition) is 6. The molecule has 0 amide bonds. The minimum atomic E-state index is -5.66. The highest BCUT2D eigenvalue weighted by Gasteiger charge is 2.73. The molecule has 0 aromatic rings. The van der Waals surface area contributed by atoms with Gasteiger partial charge in [0, 0.05) is 12.7 Å². The second-order valence-electron chi connectivity index (χ2n) is 10.4. The molecule has 3 unspecified atom stereocenters. The van der Waals surface area contributed by atoms with E-state index < -0.39 is 30.2 Å². The van der Waals surface area contributed by atoms with Gasteiger partial charge in [0.1, 0.15) is 0 Å². The normalized spacial score (nSPS) is 21.5. The smallest absolute Gasteiger partial charge is 0.426 e. The number of carbonyl (C=O) groups is 2. The molecule has 6 nitrogen and oxygen atoms in total. The monoisotopic (exact) mass is 562 g/mol. The minimum absolute atomic E-state index is 0.0563. The molecular formula is C26H40F6O6. The summed E-state index contributed by atoms with van der Waals surface area (Å²) in [7, 11) is 2.31. The average molecular weight is 563 g/mol. The van der Waals surface area contributed by atoms with Crippen LogP contribution >= 0.6 is 0 Å². The fourth-order valence-electron chi connectivity index (χ4n) is 4.89.